The van der Waals surface area contributed by atoms with E-state index >= 15 is 0 Å². The molecule has 0 saturated heterocycles. The molecule has 2 aromatic carbocycles. The van der Waals surface area contributed by atoms with Crippen LogP contribution in [0.25, 0.3) is 0 Å². The summed E-state index contributed by atoms with van der Waals surface area (Å²) in [5.74, 6) is -0.145. The molecule has 0 unspecified atom stereocenters. The SMILES string of the molecule is CNc1ncnc(N(C)C(=O)Nc2cc(C(=O)Nc3ccc(C(F)(F)F)cc3)ccc2C)n1. The molecule has 3 aromatic rings. The minimum atomic E-state index is -4.46. The fraction of sp³-hybridized carbons (Fsp3) is 0.190. The van der Waals surface area contributed by atoms with Crippen molar-refractivity contribution in [2.24, 2.45) is 0 Å². The van der Waals surface area contributed by atoms with Crippen LogP contribution in [0.4, 0.5) is 41.2 Å². The molecular weight excluding hydrogens is 439 g/mol. The van der Waals surface area contributed by atoms with Gasteiger partial charge in [0, 0.05) is 31.0 Å². The van der Waals surface area contributed by atoms with Crippen molar-refractivity contribution < 1.29 is 22.8 Å². The Morgan fingerprint density at radius 1 is 1.00 bits per heavy atom. The van der Waals surface area contributed by atoms with Crippen LogP contribution >= 0.6 is 0 Å². The molecule has 3 N–H and O–H groups in total. The van der Waals surface area contributed by atoms with Crippen molar-refractivity contribution in [3.63, 3.8) is 0 Å². The van der Waals surface area contributed by atoms with Crippen LogP contribution in [0.15, 0.2) is 48.8 Å². The van der Waals surface area contributed by atoms with Crippen molar-refractivity contribution in [3.8, 4) is 0 Å². The van der Waals surface area contributed by atoms with Gasteiger partial charge in [-0.15, -0.1) is 0 Å². The lowest BCUT2D eigenvalue weighted by Crippen LogP contribution is -2.33. The maximum atomic E-state index is 12.7. The van der Waals surface area contributed by atoms with Crippen molar-refractivity contribution >= 4 is 35.2 Å². The van der Waals surface area contributed by atoms with Crippen molar-refractivity contribution in [1.82, 2.24) is 15.0 Å². The highest BCUT2D eigenvalue weighted by Crippen LogP contribution is 2.30. The standard InChI is InChI=1S/C21H20F3N7O2/c1-12-4-5-13(17(32)28-15-8-6-14(7-9-15)21(22,23)24)10-16(12)29-20(33)31(3)19-27-11-26-18(25-2)30-19/h4-11H,1-3H3,(H,28,32)(H,29,33)(H,25,26,27,30). The van der Waals surface area contributed by atoms with E-state index in [1.54, 1.807) is 26.1 Å². The average molecular weight is 459 g/mol. The topological polar surface area (TPSA) is 112 Å². The zero-order valence-corrected chi connectivity index (χ0v) is 17.9. The number of carbonyl (C=O) groups is 2. The molecule has 0 bridgehead atoms. The number of nitrogens with one attached hydrogen (secondary N) is 3. The summed E-state index contributed by atoms with van der Waals surface area (Å²) in [6.45, 7) is 1.75. The van der Waals surface area contributed by atoms with Gasteiger partial charge in [0.2, 0.25) is 11.9 Å². The molecule has 0 saturated carbocycles. The molecule has 1 aromatic heterocycles. The summed E-state index contributed by atoms with van der Waals surface area (Å²) >= 11 is 0. The van der Waals surface area contributed by atoms with Crippen molar-refractivity contribution in [1.29, 1.82) is 0 Å². The number of aryl methyl sites for hydroxylation is 1. The summed E-state index contributed by atoms with van der Waals surface area (Å²) in [5.41, 5.74) is 0.652. The summed E-state index contributed by atoms with van der Waals surface area (Å²) in [4.78, 5) is 38.3. The molecule has 12 heteroatoms. The van der Waals surface area contributed by atoms with Gasteiger partial charge in [0.25, 0.3) is 5.91 Å². The third-order valence-electron chi connectivity index (χ3n) is 4.60. The summed E-state index contributed by atoms with van der Waals surface area (Å²) in [6, 6.07) is 8.19. The molecule has 0 atom stereocenters. The fourth-order valence-electron chi connectivity index (χ4n) is 2.70. The van der Waals surface area contributed by atoms with Gasteiger partial charge in [-0.1, -0.05) is 6.07 Å². The number of halogens is 3. The van der Waals surface area contributed by atoms with Crippen LogP contribution in [-0.4, -0.2) is 41.0 Å². The van der Waals surface area contributed by atoms with Gasteiger partial charge in [-0.05, 0) is 48.9 Å². The first-order valence-corrected chi connectivity index (χ1v) is 9.59. The van der Waals surface area contributed by atoms with Crippen LogP contribution in [0.5, 0.6) is 0 Å². The average Bonchev–Trinajstić information content (AvgIpc) is 2.79. The van der Waals surface area contributed by atoms with Crippen LogP contribution in [-0.2, 0) is 6.18 Å². The maximum absolute atomic E-state index is 12.7. The third kappa shape index (κ3) is 5.73. The van der Waals surface area contributed by atoms with Gasteiger partial charge >= 0.3 is 12.2 Å². The second kappa shape index (κ2) is 9.51. The van der Waals surface area contributed by atoms with Crippen molar-refractivity contribution in [2.45, 2.75) is 13.1 Å². The Bertz CT molecular complexity index is 1170. The lowest BCUT2D eigenvalue weighted by atomic mass is 10.1. The van der Waals surface area contributed by atoms with E-state index in [-0.39, 0.29) is 23.1 Å². The van der Waals surface area contributed by atoms with Gasteiger partial charge in [-0.25, -0.2) is 14.8 Å². The molecule has 1 heterocycles. The summed E-state index contributed by atoms with van der Waals surface area (Å²) in [5, 5.41) is 7.97. The van der Waals surface area contributed by atoms with E-state index < -0.39 is 23.7 Å². The zero-order valence-electron chi connectivity index (χ0n) is 17.9. The number of hydrogen-bond donors (Lipinski definition) is 3. The first-order valence-electron chi connectivity index (χ1n) is 9.59. The highest BCUT2D eigenvalue weighted by molar-refractivity contribution is 6.06. The zero-order chi connectivity index (χ0) is 24.2. The number of anilines is 4. The number of amides is 3. The first kappa shape index (κ1) is 23.4. The van der Waals surface area contributed by atoms with Gasteiger partial charge in [0.05, 0.1) is 5.56 Å². The van der Waals surface area contributed by atoms with E-state index in [9.17, 15) is 22.8 Å². The molecule has 172 valence electrons. The number of carbonyl (C=O) groups excluding carboxylic acids is 2. The number of rotatable bonds is 5. The lowest BCUT2D eigenvalue weighted by Gasteiger charge is -2.17. The van der Waals surface area contributed by atoms with Gasteiger partial charge < -0.3 is 16.0 Å². The monoisotopic (exact) mass is 459 g/mol. The number of nitrogens with zero attached hydrogens (tertiary/aromatic N) is 4. The molecule has 0 aliphatic rings. The van der Waals surface area contributed by atoms with Crippen molar-refractivity contribution in [2.75, 3.05) is 34.9 Å². The number of aromatic nitrogens is 3. The molecule has 0 fully saturated rings. The molecule has 0 aliphatic carbocycles. The number of hydrogen-bond acceptors (Lipinski definition) is 6. The molecule has 3 rings (SSSR count). The molecular formula is C21H20F3N7O2. The van der Waals surface area contributed by atoms with Crippen LogP contribution in [0.3, 0.4) is 0 Å². The molecule has 0 aliphatic heterocycles. The van der Waals surface area contributed by atoms with Gasteiger partial charge in [0.1, 0.15) is 6.33 Å². The van der Waals surface area contributed by atoms with E-state index in [1.165, 1.54) is 36.5 Å². The van der Waals surface area contributed by atoms with E-state index in [0.717, 1.165) is 12.1 Å². The predicted molar refractivity (Wildman–Crippen MR) is 117 cm³/mol. The van der Waals surface area contributed by atoms with Crippen molar-refractivity contribution in [3.05, 3.63) is 65.5 Å². The largest absolute Gasteiger partial charge is 0.416 e. The fourth-order valence-corrected chi connectivity index (χ4v) is 2.70. The Labute approximate surface area is 187 Å². The van der Waals surface area contributed by atoms with E-state index in [1.807, 2.05) is 0 Å². The Morgan fingerprint density at radius 2 is 1.70 bits per heavy atom. The summed E-state index contributed by atoms with van der Waals surface area (Å²) in [7, 11) is 3.10. The second-order valence-electron chi connectivity index (χ2n) is 6.91. The number of alkyl halides is 3. The normalized spacial score (nSPS) is 11.0. The predicted octanol–water partition coefficient (Wildman–Crippen LogP) is 4.16. The smallest absolute Gasteiger partial charge is 0.357 e. The van der Waals surface area contributed by atoms with Gasteiger partial charge in [-0.2, -0.15) is 18.2 Å². The minimum absolute atomic E-state index is 0.112. The molecule has 3 amide bonds. The summed E-state index contributed by atoms with van der Waals surface area (Å²) < 4.78 is 38.1. The van der Waals surface area contributed by atoms with Gasteiger partial charge in [0.15, 0.2) is 0 Å². The Morgan fingerprint density at radius 3 is 2.33 bits per heavy atom. The third-order valence-corrected chi connectivity index (χ3v) is 4.60. The lowest BCUT2D eigenvalue weighted by molar-refractivity contribution is -0.137. The quantitative estimate of drug-likeness (QED) is 0.528. The maximum Gasteiger partial charge on any atom is 0.416 e. The van der Waals surface area contributed by atoms with Gasteiger partial charge in [-0.3, -0.25) is 9.69 Å². The Hall–Kier alpha value is -4.22. The van der Waals surface area contributed by atoms with Crippen LogP contribution < -0.4 is 20.9 Å². The Kier molecular flexibility index (Phi) is 6.75. The summed E-state index contributed by atoms with van der Waals surface area (Å²) in [6.07, 6.45) is -3.20. The highest BCUT2D eigenvalue weighted by atomic mass is 19.4. The Balaban J connectivity index is 1.73. The molecule has 33 heavy (non-hydrogen) atoms. The van der Waals surface area contributed by atoms with Crippen LogP contribution in [0, 0.1) is 6.92 Å². The van der Waals surface area contributed by atoms with E-state index in [2.05, 4.69) is 30.9 Å². The highest BCUT2D eigenvalue weighted by Gasteiger charge is 2.30. The van der Waals surface area contributed by atoms with Crippen LogP contribution in [0.1, 0.15) is 21.5 Å². The number of urea groups is 1. The minimum Gasteiger partial charge on any atom is -0.357 e. The van der Waals surface area contributed by atoms with E-state index in [0.29, 0.717) is 11.3 Å². The van der Waals surface area contributed by atoms with Crippen LogP contribution in [0.2, 0.25) is 0 Å². The molecule has 0 radical (unpaired) electrons. The number of benzene rings is 2. The first-order chi connectivity index (χ1) is 15.6. The molecule has 9 nitrogen and oxygen atoms in total. The van der Waals surface area contributed by atoms with E-state index in [4.69, 9.17) is 0 Å². The second-order valence-corrected chi connectivity index (χ2v) is 6.91. The molecule has 0 spiro atoms.